The lowest BCUT2D eigenvalue weighted by molar-refractivity contribution is 0.133. The SMILES string of the molecule is CSCCCCCCN1CC(C)NCC1c1ccccc1. The number of thioether (sulfide) groups is 1. The monoisotopic (exact) mass is 306 g/mol. The van der Waals surface area contributed by atoms with Gasteiger partial charge in [-0.15, -0.1) is 0 Å². The third kappa shape index (κ3) is 5.65. The Labute approximate surface area is 134 Å². The minimum atomic E-state index is 0.550. The van der Waals surface area contributed by atoms with Crippen LogP contribution in [0.3, 0.4) is 0 Å². The second-order valence-corrected chi connectivity index (χ2v) is 7.12. The first-order chi connectivity index (χ1) is 10.3. The third-order valence-electron chi connectivity index (χ3n) is 4.34. The summed E-state index contributed by atoms with van der Waals surface area (Å²) in [5.41, 5.74) is 1.46. The van der Waals surface area contributed by atoms with Crippen molar-refractivity contribution in [1.29, 1.82) is 0 Å². The van der Waals surface area contributed by atoms with Crippen molar-refractivity contribution in [2.45, 2.75) is 44.7 Å². The highest BCUT2D eigenvalue weighted by Gasteiger charge is 2.26. The minimum Gasteiger partial charge on any atom is -0.311 e. The molecule has 0 aliphatic carbocycles. The summed E-state index contributed by atoms with van der Waals surface area (Å²) in [4.78, 5) is 2.69. The van der Waals surface area contributed by atoms with Gasteiger partial charge in [0.05, 0.1) is 0 Å². The number of unbranched alkanes of at least 4 members (excludes halogenated alkanes) is 3. The summed E-state index contributed by atoms with van der Waals surface area (Å²) in [5.74, 6) is 1.32. The van der Waals surface area contributed by atoms with E-state index >= 15 is 0 Å². The summed E-state index contributed by atoms with van der Waals surface area (Å²) in [6.45, 7) is 5.79. The summed E-state index contributed by atoms with van der Waals surface area (Å²) in [6.07, 6.45) is 7.68. The van der Waals surface area contributed by atoms with Gasteiger partial charge in [-0.1, -0.05) is 43.2 Å². The summed E-state index contributed by atoms with van der Waals surface area (Å²) < 4.78 is 0. The minimum absolute atomic E-state index is 0.550. The zero-order chi connectivity index (χ0) is 14.9. The van der Waals surface area contributed by atoms with E-state index in [1.165, 1.54) is 50.1 Å². The van der Waals surface area contributed by atoms with E-state index in [9.17, 15) is 0 Å². The van der Waals surface area contributed by atoms with Crippen molar-refractivity contribution in [2.75, 3.05) is 31.6 Å². The van der Waals surface area contributed by atoms with E-state index in [0.29, 0.717) is 12.1 Å². The lowest BCUT2D eigenvalue weighted by atomic mass is 10.0. The van der Waals surface area contributed by atoms with Crippen molar-refractivity contribution >= 4 is 11.8 Å². The van der Waals surface area contributed by atoms with Crippen LogP contribution < -0.4 is 5.32 Å². The quantitative estimate of drug-likeness (QED) is 0.732. The van der Waals surface area contributed by atoms with Gasteiger partial charge in [-0.3, -0.25) is 4.90 Å². The standard InChI is InChI=1S/C18H30N2S/c1-16-15-20(12-8-3-4-9-13-21-2)18(14-19-16)17-10-6-5-7-11-17/h5-7,10-11,16,18-19H,3-4,8-9,12-15H2,1-2H3. The zero-order valence-electron chi connectivity index (χ0n) is 13.6. The van der Waals surface area contributed by atoms with Crippen molar-refractivity contribution in [3.8, 4) is 0 Å². The van der Waals surface area contributed by atoms with E-state index in [-0.39, 0.29) is 0 Å². The van der Waals surface area contributed by atoms with Crippen LogP contribution in [0.2, 0.25) is 0 Å². The molecule has 0 bridgehead atoms. The number of hydrogen-bond acceptors (Lipinski definition) is 3. The molecule has 2 rings (SSSR count). The Morgan fingerprint density at radius 1 is 1.14 bits per heavy atom. The first-order valence-corrected chi connectivity index (χ1v) is 9.72. The smallest absolute Gasteiger partial charge is 0.0473 e. The average molecular weight is 307 g/mol. The predicted octanol–water partition coefficient (Wildman–Crippen LogP) is 3.94. The van der Waals surface area contributed by atoms with Crippen LogP contribution in [0, 0.1) is 0 Å². The summed E-state index contributed by atoms with van der Waals surface area (Å²) in [5, 5.41) is 3.63. The summed E-state index contributed by atoms with van der Waals surface area (Å²) in [6, 6.07) is 12.1. The lowest BCUT2D eigenvalue weighted by Gasteiger charge is -2.39. The zero-order valence-corrected chi connectivity index (χ0v) is 14.4. The molecule has 2 unspecified atom stereocenters. The molecule has 118 valence electrons. The highest BCUT2D eigenvalue weighted by atomic mass is 32.2. The van der Waals surface area contributed by atoms with Crippen LogP contribution in [0.5, 0.6) is 0 Å². The van der Waals surface area contributed by atoms with Gasteiger partial charge < -0.3 is 5.32 Å². The lowest BCUT2D eigenvalue weighted by Crippen LogP contribution is -2.51. The highest BCUT2D eigenvalue weighted by molar-refractivity contribution is 7.98. The maximum Gasteiger partial charge on any atom is 0.0473 e. The third-order valence-corrected chi connectivity index (χ3v) is 5.03. The molecule has 1 aromatic carbocycles. The molecule has 21 heavy (non-hydrogen) atoms. The van der Waals surface area contributed by atoms with Gasteiger partial charge >= 0.3 is 0 Å². The maximum absolute atomic E-state index is 3.63. The maximum atomic E-state index is 3.63. The molecule has 3 heteroatoms. The first-order valence-electron chi connectivity index (χ1n) is 8.32. The van der Waals surface area contributed by atoms with E-state index in [4.69, 9.17) is 0 Å². The number of hydrogen-bond donors (Lipinski definition) is 1. The summed E-state index contributed by atoms with van der Waals surface area (Å²) in [7, 11) is 0. The van der Waals surface area contributed by atoms with Gasteiger partial charge in [0.15, 0.2) is 0 Å². The van der Waals surface area contributed by atoms with Crippen molar-refractivity contribution in [1.82, 2.24) is 10.2 Å². The van der Waals surface area contributed by atoms with Crippen molar-refractivity contribution in [3.63, 3.8) is 0 Å². The molecular formula is C18H30N2S. The van der Waals surface area contributed by atoms with Crippen LogP contribution in [0.25, 0.3) is 0 Å². The fraction of sp³-hybridized carbons (Fsp3) is 0.667. The van der Waals surface area contributed by atoms with E-state index in [0.717, 1.165) is 6.54 Å². The van der Waals surface area contributed by atoms with Gasteiger partial charge in [-0.2, -0.15) is 11.8 Å². The van der Waals surface area contributed by atoms with Crippen LogP contribution in [0.15, 0.2) is 30.3 Å². The van der Waals surface area contributed by atoms with Crippen LogP contribution >= 0.6 is 11.8 Å². The molecule has 2 nitrogen and oxygen atoms in total. The number of nitrogens with zero attached hydrogens (tertiary/aromatic N) is 1. The van der Waals surface area contributed by atoms with E-state index in [1.54, 1.807) is 0 Å². The normalized spacial score (nSPS) is 23.3. The molecule has 1 fully saturated rings. The van der Waals surface area contributed by atoms with Gasteiger partial charge in [0.25, 0.3) is 0 Å². The Balaban J connectivity index is 1.81. The van der Waals surface area contributed by atoms with Crippen LogP contribution in [-0.4, -0.2) is 42.6 Å². The molecule has 1 N–H and O–H groups in total. The van der Waals surface area contributed by atoms with Gasteiger partial charge in [-0.25, -0.2) is 0 Å². The van der Waals surface area contributed by atoms with Crippen molar-refractivity contribution < 1.29 is 0 Å². The molecule has 1 aliphatic heterocycles. The Bertz CT molecular complexity index is 382. The molecule has 1 heterocycles. The Morgan fingerprint density at radius 3 is 2.67 bits per heavy atom. The largest absolute Gasteiger partial charge is 0.311 e. The van der Waals surface area contributed by atoms with Gasteiger partial charge in [0.2, 0.25) is 0 Å². The van der Waals surface area contributed by atoms with Crippen LogP contribution in [-0.2, 0) is 0 Å². The molecule has 0 spiro atoms. The van der Waals surface area contributed by atoms with Crippen LogP contribution in [0.1, 0.15) is 44.2 Å². The van der Waals surface area contributed by atoms with Crippen molar-refractivity contribution in [2.24, 2.45) is 0 Å². The second kappa shape index (κ2) is 9.50. The van der Waals surface area contributed by atoms with E-state index < -0.39 is 0 Å². The average Bonchev–Trinajstić information content (AvgIpc) is 2.52. The molecule has 1 saturated heterocycles. The number of benzene rings is 1. The number of nitrogens with one attached hydrogen (secondary N) is 1. The first kappa shape index (κ1) is 16.9. The Hall–Kier alpha value is -0.510. The Kier molecular flexibility index (Phi) is 7.62. The molecule has 0 aromatic heterocycles. The fourth-order valence-electron chi connectivity index (χ4n) is 3.15. The second-order valence-electron chi connectivity index (χ2n) is 6.14. The highest BCUT2D eigenvalue weighted by Crippen LogP contribution is 2.24. The molecule has 1 aliphatic rings. The summed E-state index contributed by atoms with van der Waals surface area (Å²) >= 11 is 1.97. The molecule has 0 amide bonds. The number of piperazine rings is 1. The van der Waals surface area contributed by atoms with Gasteiger partial charge in [-0.05, 0) is 43.9 Å². The van der Waals surface area contributed by atoms with Gasteiger partial charge in [0.1, 0.15) is 0 Å². The molecule has 0 saturated carbocycles. The van der Waals surface area contributed by atoms with Crippen LogP contribution in [0.4, 0.5) is 0 Å². The topological polar surface area (TPSA) is 15.3 Å². The Morgan fingerprint density at radius 2 is 1.90 bits per heavy atom. The van der Waals surface area contributed by atoms with E-state index in [1.807, 2.05) is 11.8 Å². The number of rotatable bonds is 8. The van der Waals surface area contributed by atoms with E-state index in [2.05, 4.69) is 53.7 Å². The molecule has 2 atom stereocenters. The molecular weight excluding hydrogens is 276 g/mol. The molecule has 0 radical (unpaired) electrons. The predicted molar refractivity (Wildman–Crippen MR) is 95.1 cm³/mol. The fourth-order valence-corrected chi connectivity index (χ4v) is 3.64. The molecule has 1 aromatic rings. The van der Waals surface area contributed by atoms with Gasteiger partial charge in [0, 0.05) is 25.2 Å². The van der Waals surface area contributed by atoms with Crippen molar-refractivity contribution in [3.05, 3.63) is 35.9 Å².